The standard InChI is InChI=1S/C17H13N3O5S/c1-10(21)15-9-11-8-13(4-7-16(11)25-17(15)22)20-19-12-2-5-14(6-3-12)26(18,23)24/h2-9H,1H3,(H2,18,23,24). The summed E-state index contributed by atoms with van der Waals surface area (Å²) in [5, 5.41) is 13.6. The van der Waals surface area contributed by atoms with Gasteiger partial charge in [0.25, 0.3) is 0 Å². The molecule has 2 N–H and O–H groups in total. The minimum absolute atomic E-state index is 0.0195. The Bertz CT molecular complexity index is 1200. The van der Waals surface area contributed by atoms with E-state index in [2.05, 4.69) is 10.2 Å². The highest BCUT2D eigenvalue weighted by atomic mass is 32.2. The molecule has 3 rings (SSSR count). The number of Topliss-reactive ketones (excluding diaryl/α,β-unsaturated/α-hetero) is 1. The first-order valence-electron chi connectivity index (χ1n) is 7.37. The maximum Gasteiger partial charge on any atom is 0.347 e. The molecule has 0 atom stereocenters. The van der Waals surface area contributed by atoms with Gasteiger partial charge in [-0.15, -0.1) is 0 Å². The molecule has 0 saturated carbocycles. The fraction of sp³-hybridized carbons (Fsp3) is 0.0588. The molecule has 0 bridgehead atoms. The summed E-state index contributed by atoms with van der Waals surface area (Å²) in [6, 6.07) is 11.8. The van der Waals surface area contributed by atoms with Gasteiger partial charge in [0.2, 0.25) is 10.0 Å². The zero-order chi connectivity index (χ0) is 18.9. The Balaban J connectivity index is 1.93. The van der Waals surface area contributed by atoms with Gasteiger partial charge in [-0.2, -0.15) is 10.2 Å². The van der Waals surface area contributed by atoms with Gasteiger partial charge < -0.3 is 4.42 Å². The van der Waals surface area contributed by atoms with Gasteiger partial charge in [-0.1, -0.05) is 0 Å². The molecule has 2 aromatic carbocycles. The van der Waals surface area contributed by atoms with E-state index in [-0.39, 0.29) is 16.2 Å². The zero-order valence-electron chi connectivity index (χ0n) is 13.5. The van der Waals surface area contributed by atoms with Gasteiger partial charge in [0, 0.05) is 5.39 Å². The van der Waals surface area contributed by atoms with Crippen molar-refractivity contribution in [2.75, 3.05) is 0 Å². The molecule has 1 aromatic heterocycles. The summed E-state index contributed by atoms with van der Waals surface area (Å²) in [6.45, 7) is 1.28. The zero-order valence-corrected chi connectivity index (χ0v) is 14.4. The number of hydrogen-bond donors (Lipinski definition) is 1. The molecule has 3 aromatic rings. The number of nitrogens with zero attached hydrogens (tertiary/aromatic N) is 2. The largest absolute Gasteiger partial charge is 0.422 e. The highest BCUT2D eigenvalue weighted by molar-refractivity contribution is 7.89. The number of fused-ring (bicyclic) bond motifs is 1. The molecule has 132 valence electrons. The molecule has 8 nitrogen and oxygen atoms in total. The number of azo groups is 1. The van der Waals surface area contributed by atoms with E-state index in [0.29, 0.717) is 22.3 Å². The Morgan fingerprint density at radius 1 is 1.00 bits per heavy atom. The van der Waals surface area contributed by atoms with E-state index in [4.69, 9.17) is 9.56 Å². The molecule has 0 radical (unpaired) electrons. The average Bonchev–Trinajstić information content (AvgIpc) is 2.58. The third kappa shape index (κ3) is 3.73. The van der Waals surface area contributed by atoms with Crippen LogP contribution in [-0.4, -0.2) is 14.2 Å². The molecular weight excluding hydrogens is 358 g/mol. The number of carbonyl (C=O) groups excluding carboxylic acids is 1. The lowest BCUT2D eigenvalue weighted by Crippen LogP contribution is -2.11. The van der Waals surface area contributed by atoms with Gasteiger partial charge >= 0.3 is 5.63 Å². The number of primary sulfonamides is 1. The number of hydrogen-bond acceptors (Lipinski definition) is 7. The first-order valence-corrected chi connectivity index (χ1v) is 8.92. The third-order valence-corrected chi connectivity index (χ3v) is 4.47. The Labute approximate surface area is 148 Å². The first-order chi connectivity index (χ1) is 12.2. The summed E-state index contributed by atoms with van der Waals surface area (Å²) >= 11 is 0. The topological polar surface area (TPSA) is 132 Å². The predicted octanol–water partition coefficient (Wildman–Crippen LogP) is 3.06. The lowest BCUT2D eigenvalue weighted by molar-refractivity contribution is 0.101. The van der Waals surface area contributed by atoms with Crippen molar-refractivity contribution in [2.24, 2.45) is 15.4 Å². The number of carbonyl (C=O) groups is 1. The maximum absolute atomic E-state index is 11.7. The van der Waals surface area contributed by atoms with Gasteiger partial charge in [0.1, 0.15) is 11.1 Å². The van der Waals surface area contributed by atoms with Crippen LogP contribution in [0.4, 0.5) is 11.4 Å². The number of rotatable bonds is 4. The molecule has 0 aliphatic carbocycles. The Morgan fingerprint density at radius 3 is 2.23 bits per heavy atom. The summed E-state index contributed by atoms with van der Waals surface area (Å²) in [4.78, 5) is 23.1. The van der Waals surface area contributed by atoms with Crippen LogP contribution in [0.2, 0.25) is 0 Å². The van der Waals surface area contributed by atoms with Crippen molar-refractivity contribution < 1.29 is 17.6 Å². The van der Waals surface area contributed by atoms with Crippen molar-refractivity contribution in [1.29, 1.82) is 0 Å². The number of ketones is 1. The molecule has 26 heavy (non-hydrogen) atoms. The van der Waals surface area contributed by atoms with Crippen LogP contribution in [0, 0.1) is 0 Å². The predicted molar refractivity (Wildman–Crippen MR) is 94.5 cm³/mol. The summed E-state index contributed by atoms with van der Waals surface area (Å²) < 4.78 is 27.5. The molecule has 9 heteroatoms. The maximum atomic E-state index is 11.7. The van der Waals surface area contributed by atoms with Crippen molar-refractivity contribution in [2.45, 2.75) is 11.8 Å². The van der Waals surface area contributed by atoms with Crippen molar-refractivity contribution in [3.8, 4) is 0 Å². The molecule has 0 amide bonds. The van der Waals surface area contributed by atoms with E-state index in [9.17, 15) is 18.0 Å². The van der Waals surface area contributed by atoms with Gasteiger partial charge in [-0.3, -0.25) is 4.79 Å². The second kappa shape index (κ2) is 6.62. The van der Waals surface area contributed by atoms with Crippen LogP contribution in [0.1, 0.15) is 17.3 Å². The van der Waals surface area contributed by atoms with Crippen molar-refractivity contribution >= 4 is 38.2 Å². The smallest absolute Gasteiger partial charge is 0.347 e. The van der Waals surface area contributed by atoms with Crippen molar-refractivity contribution in [3.63, 3.8) is 0 Å². The molecule has 0 saturated heterocycles. The first kappa shape index (κ1) is 17.6. The molecule has 1 heterocycles. The molecule has 0 fully saturated rings. The van der Waals surface area contributed by atoms with Crippen LogP contribution >= 0.6 is 0 Å². The lowest BCUT2D eigenvalue weighted by atomic mass is 10.1. The number of sulfonamides is 1. The van der Waals surface area contributed by atoms with Gasteiger partial charge in [0.05, 0.1) is 16.3 Å². The Morgan fingerprint density at radius 2 is 1.62 bits per heavy atom. The van der Waals surface area contributed by atoms with E-state index in [1.165, 1.54) is 37.3 Å². The van der Waals surface area contributed by atoms with E-state index < -0.39 is 15.6 Å². The van der Waals surface area contributed by atoms with E-state index in [0.717, 1.165) is 0 Å². The molecule has 0 aliphatic rings. The van der Waals surface area contributed by atoms with Crippen molar-refractivity contribution in [1.82, 2.24) is 0 Å². The number of benzene rings is 2. The number of nitrogens with two attached hydrogens (primary N) is 1. The fourth-order valence-corrected chi connectivity index (χ4v) is 2.75. The van der Waals surface area contributed by atoms with Crippen LogP contribution in [0.25, 0.3) is 11.0 Å². The van der Waals surface area contributed by atoms with Crippen LogP contribution in [0.3, 0.4) is 0 Å². The molecule has 0 aliphatic heterocycles. The van der Waals surface area contributed by atoms with Gasteiger partial charge in [-0.05, 0) is 55.5 Å². The molecule has 0 unspecified atom stereocenters. The van der Waals surface area contributed by atoms with Gasteiger partial charge in [-0.25, -0.2) is 18.4 Å². The van der Waals surface area contributed by atoms with E-state index >= 15 is 0 Å². The molecular formula is C17H13N3O5S. The van der Waals surface area contributed by atoms with Gasteiger partial charge in [0.15, 0.2) is 5.78 Å². The fourth-order valence-electron chi connectivity index (χ4n) is 2.24. The SMILES string of the molecule is CC(=O)c1cc2cc(N=Nc3ccc(S(N)(=O)=O)cc3)ccc2oc1=O. The minimum Gasteiger partial charge on any atom is -0.422 e. The van der Waals surface area contributed by atoms with Crippen LogP contribution in [0.5, 0.6) is 0 Å². The molecule has 0 spiro atoms. The minimum atomic E-state index is -3.76. The van der Waals surface area contributed by atoms with E-state index in [1.807, 2.05) is 0 Å². The van der Waals surface area contributed by atoms with Crippen LogP contribution in [-0.2, 0) is 10.0 Å². The monoisotopic (exact) mass is 371 g/mol. The summed E-state index contributed by atoms with van der Waals surface area (Å²) in [7, 11) is -3.76. The van der Waals surface area contributed by atoms with E-state index in [1.54, 1.807) is 18.2 Å². The Hall–Kier alpha value is -3.17. The second-order valence-corrected chi connectivity index (χ2v) is 7.03. The summed E-state index contributed by atoms with van der Waals surface area (Å²) in [5.74, 6) is -0.386. The lowest BCUT2D eigenvalue weighted by Gasteiger charge is -2.00. The Kier molecular flexibility index (Phi) is 4.49. The highest BCUT2D eigenvalue weighted by Crippen LogP contribution is 2.24. The third-order valence-electron chi connectivity index (χ3n) is 3.54. The van der Waals surface area contributed by atoms with Crippen molar-refractivity contribution in [3.05, 3.63) is 64.5 Å². The summed E-state index contributed by atoms with van der Waals surface area (Å²) in [5.41, 5.74) is 0.508. The average molecular weight is 371 g/mol. The normalized spacial score (nSPS) is 11.9. The summed E-state index contributed by atoms with van der Waals surface area (Å²) in [6.07, 6.45) is 0. The second-order valence-electron chi connectivity index (χ2n) is 5.46. The van der Waals surface area contributed by atoms with Crippen LogP contribution < -0.4 is 10.8 Å². The highest BCUT2D eigenvalue weighted by Gasteiger charge is 2.10. The quantitative estimate of drug-likeness (QED) is 0.427. The van der Waals surface area contributed by atoms with Crippen LogP contribution in [0.15, 0.2) is 72.9 Å².